The Morgan fingerprint density at radius 1 is 1.42 bits per heavy atom. The lowest BCUT2D eigenvalue weighted by atomic mass is 10.2. The lowest BCUT2D eigenvalue weighted by molar-refractivity contribution is 0.295. The van der Waals surface area contributed by atoms with E-state index in [1.54, 1.807) is 6.08 Å². The maximum Gasteiger partial charge on any atom is 0.204 e. The summed E-state index contributed by atoms with van der Waals surface area (Å²) in [6.45, 7) is 6.54. The molecule has 1 heterocycles. The normalized spacial score (nSPS) is 10.2. The van der Waals surface area contributed by atoms with Crippen molar-refractivity contribution in [2.75, 3.05) is 13.2 Å². The number of aromatic nitrogens is 4. The van der Waals surface area contributed by atoms with Crippen molar-refractivity contribution < 1.29 is 9.47 Å². The maximum absolute atomic E-state index is 5.63. The molecule has 2 aromatic rings. The fraction of sp³-hybridized carbons (Fsp3) is 0.250. The van der Waals surface area contributed by atoms with Crippen LogP contribution in [0, 0.1) is 3.57 Å². The summed E-state index contributed by atoms with van der Waals surface area (Å²) in [6.07, 6.45) is 1.69. The van der Waals surface area contributed by atoms with Crippen LogP contribution in [0.5, 0.6) is 11.5 Å². The topological polar surface area (TPSA) is 72.9 Å². The third kappa shape index (κ3) is 3.22. The minimum Gasteiger partial charge on any atom is -0.490 e. The van der Waals surface area contributed by atoms with Crippen molar-refractivity contribution in [1.29, 1.82) is 0 Å². The largest absolute Gasteiger partial charge is 0.490 e. The van der Waals surface area contributed by atoms with Gasteiger partial charge in [0.25, 0.3) is 0 Å². The lowest BCUT2D eigenvalue weighted by Gasteiger charge is -2.13. The molecule has 2 rings (SSSR count). The third-order valence-corrected chi connectivity index (χ3v) is 3.06. The average molecular weight is 372 g/mol. The van der Waals surface area contributed by atoms with Gasteiger partial charge < -0.3 is 9.47 Å². The first-order valence-corrected chi connectivity index (χ1v) is 6.78. The number of tetrazole rings is 1. The van der Waals surface area contributed by atoms with Gasteiger partial charge in [0.2, 0.25) is 5.82 Å². The van der Waals surface area contributed by atoms with Gasteiger partial charge in [0.15, 0.2) is 11.5 Å². The minimum atomic E-state index is 0.428. The summed E-state index contributed by atoms with van der Waals surface area (Å²) in [5.41, 5.74) is 0.826. The van der Waals surface area contributed by atoms with Crippen LogP contribution in [-0.4, -0.2) is 33.8 Å². The lowest BCUT2D eigenvalue weighted by Crippen LogP contribution is -2.01. The molecule has 0 atom stereocenters. The number of rotatable bonds is 6. The van der Waals surface area contributed by atoms with Crippen LogP contribution in [-0.2, 0) is 0 Å². The Morgan fingerprint density at radius 3 is 2.89 bits per heavy atom. The Labute approximate surface area is 124 Å². The quantitative estimate of drug-likeness (QED) is 0.623. The second-order valence-corrected chi connectivity index (χ2v) is 4.72. The highest BCUT2D eigenvalue weighted by molar-refractivity contribution is 14.1. The van der Waals surface area contributed by atoms with E-state index in [2.05, 4.69) is 49.8 Å². The van der Waals surface area contributed by atoms with Gasteiger partial charge in [-0.3, -0.25) is 0 Å². The van der Waals surface area contributed by atoms with Gasteiger partial charge in [-0.15, -0.1) is 10.2 Å². The van der Waals surface area contributed by atoms with Crippen LogP contribution in [0.25, 0.3) is 11.4 Å². The average Bonchev–Trinajstić information content (AvgIpc) is 2.92. The zero-order valence-corrected chi connectivity index (χ0v) is 12.5. The predicted octanol–water partition coefficient (Wildman–Crippen LogP) is 2.43. The Hall–Kier alpha value is -1.64. The number of hydrogen-bond acceptors (Lipinski definition) is 5. The first-order chi connectivity index (χ1) is 9.26. The van der Waals surface area contributed by atoms with E-state index >= 15 is 0 Å². The van der Waals surface area contributed by atoms with Crippen LogP contribution < -0.4 is 9.47 Å². The smallest absolute Gasteiger partial charge is 0.204 e. The highest BCUT2D eigenvalue weighted by Gasteiger charge is 2.14. The molecule has 0 spiro atoms. The van der Waals surface area contributed by atoms with Gasteiger partial charge in [0, 0.05) is 5.56 Å². The molecular weight excluding hydrogens is 359 g/mol. The number of H-pyrrole nitrogens is 1. The number of nitrogens with one attached hydrogen (secondary N) is 1. The SMILES string of the molecule is C=CCOc1c(I)cc(-c2nn[nH]n2)cc1OCC. The van der Waals surface area contributed by atoms with E-state index in [1.807, 2.05) is 19.1 Å². The number of nitrogens with zero attached hydrogens (tertiary/aromatic N) is 3. The Morgan fingerprint density at radius 2 is 2.26 bits per heavy atom. The molecule has 7 heteroatoms. The van der Waals surface area contributed by atoms with Crippen LogP contribution in [0.2, 0.25) is 0 Å². The highest BCUT2D eigenvalue weighted by atomic mass is 127. The standard InChI is InChI=1S/C12H13IN4O2/c1-3-5-19-11-9(13)6-8(7-10(11)18-4-2)12-14-16-17-15-12/h3,6-7H,1,4-5H2,2H3,(H,14,15,16,17). The predicted molar refractivity (Wildman–Crippen MR) is 79.2 cm³/mol. The Kier molecular flexibility index (Phi) is 4.72. The third-order valence-electron chi connectivity index (χ3n) is 2.26. The van der Waals surface area contributed by atoms with Gasteiger partial charge in [-0.05, 0) is 46.9 Å². The van der Waals surface area contributed by atoms with Gasteiger partial charge >= 0.3 is 0 Å². The van der Waals surface area contributed by atoms with E-state index in [0.717, 1.165) is 9.13 Å². The monoisotopic (exact) mass is 372 g/mol. The zero-order chi connectivity index (χ0) is 13.7. The molecule has 0 aliphatic carbocycles. The molecule has 0 saturated heterocycles. The molecular formula is C12H13IN4O2. The molecule has 0 unspecified atom stereocenters. The molecule has 0 amide bonds. The fourth-order valence-corrected chi connectivity index (χ4v) is 2.28. The molecule has 1 aromatic heterocycles. The molecule has 0 aliphatic rings. The summed E-state index contributed by atoms with van der Waals surface area (Å²) in [5.74, 6) is 1.89. The van der Waals surface area contributed by atoms with Gasteiger partial charge in [0.1, 0.15) is 6.61 Å². The van der Waals surface area contributed by atoms with Crippen molar-refractivity contribution in [3.63, 3.8) is 0 Å². The molecule has 6 nitrogen and oxygen atoms in total. The summed E-state index contributed by atoms with van der Waals surface area (Å²) >= 11 is 2.19. The molecule has 0 radical (unpaired) electrons. The van der Waals surface area contributed by atoms with E-state index in [4.69, 9.17) is 9.47 Å². The maximum atomic E-state index is 5.63. The molecule has 100 valence electrons. The summed E-state index contributed by atoms with van der Waals surface area (Å²) < 4.78 is 12.2. The van der Waals surface area contributed by atoms with E-state index < -0.39 is 0 Å². The number of ether oxygens (including phenoxy) is 2. The van der Waals surface area contributed by atoms with E-state index in [0.29, 0.717) is 30.5 Å². The van der Waals surface area contributed by atoms with Gasteiger partial charge in [0.05, 0.1) is 10.2 Å². The van der Waals surface area contributed by atoms with E-state index in [-0.39, 0.29) is 0 Å². The molecule has 1 aromatic carbocycles. The number of aromatic amines is 1. The second-order valence-electron chi connectivity index (χ2n) is 3.55. The van der Waals surface area contributed by atoms with Crippen LogP contribution >= 0.6 is 22.6 Å². The summed E-state index contributed by atoms with van der Waals surface area (Å²) in [7, 11) is 0. The summed E-state index contributed by atoms with van der Waals surface area (Å²) in [4.78, 5) is 0. The number of halogens is 1. The van der Waals surface area contributed by atoms with E-state index in [1.165, 1.54) is 0 Å². The van der Waals surface area contributed by atoms with Crippen LogP contribution in [0.3, 0.4) is 0 Å². The molecule has 19 heavy (non-hydrogen) atoms. The first kappa shape index (κ1) is 13.8. The van der Waals surface area contributed by atoms with Gasteiger partial charge in [-0.2, -0.15) is 5.21 Å². The molecule has 0 fully saturated rings. The van der Waals surface area contributed by atoms with Gasteiger partial charge in [-0.1, -0.05) is 12.7 Å². The molecule has 0 saturated carbocycles. The van der Waals surface area contributed by atoms with Crippen LogP contribution in [0.15, 0.2) is 24.8 Å². The van der Waals surface area contributed by atoms with Crippen molar-refractivity contribution in [3.05, 3.63) is 28.4 Å². The molecule has 0 aliphatic heterocycles. The van der Waals surface area contributed by atoms with Gasteiger partial charge in [-0.25, -0.2) is 0 Å². The zero-order valence-electron chi connectivity index (χ0n) is 10.4. The van der Waals surface area contributed by atoms with Crippen LogP contribution in [0.1, 0.15) is 6.92 Å². The number of benzene rings is 1. The van der Waals surface area contributed by atoms with Crippen molar-refractivity contribution in [3.8, 4) is 22.9 Å². The Balaban J connectivity index is 2.42. The van der Waals surface area contributed by atoms with Crippen molar-refractivity contribution in [2.24, 2.45) is 0 Å². The fourth-order valence-electron chi connectivity index (χ4n) is 1.53. The number of hydrogen-bond donors (Lipinski definition) is 1. The van der Waals surface area contributed by atoms with Crippen molar-refractivity contribution in [2.45, 2.75) is 6.92 Å². The first-order valence-electron chi connectivity index (χ1n) is 5.70. The van der Waals surface area contributed by atoms with Crippen molar-refractivity contribution in [1.82, 2.24) is 20.6 Å². The summed E-state index contributed by atoms with van der Waals surface area (Å²) in [6, 6.07) is 3.77. The Bertz CT molecular complexity index is 557. The minimum absolute atomic E-state index is 0.428. The summed E-state index contributed by atoms with van der Waals surface area (Å²) in [5, 5.41) is 13.9. The van der Waals surface area contributed by atoms with Crippen LogP contribution in [0.4, 0.5) is 0 Å². The second kappa shape index (κ2) is 6.50. The highest BCUT2D eigenvalue weighted by Crippen LogP contribution is 2.36. The molecule has 1 N–H and O–H groups in total. The van der Waals surface area contributed by atoms with Crippen molar-refractivity contribution >= 4 is 22.6 Å². The molecule has 0 bridgehead atoms. The van der Waals surface area contributed by atoms with E-state index in [9.17, 15) is 0 Å².